The Morgan fingerprint density at radius 3 is 1.52 bits per heavy atom. The van der Waals surface area contributed by atoms with Crippen molar-refractivity contribution in [2.75, 3.05) is 13.2 Å². The molecule has 0 heterocycles. The van der Waals surface area contributed by atoms with Gasteiger partial charge in [-0.15, -0.1) is 0 Å². The van der Waals surface area contributed by atoms with E-state index in [2.05, 4.69) is 4.74 Å². The Morgan fingerprint density at radius 1 is 0.727 bits per heavy atom. The van der Waals surface area contributed by atoms with Crippen LogP contribution in [0.5, 0.6) is 0 Å². The molecule has 33 heavy (non-hydrogen) atoms. The molecule has 0 fully saturated rings. The summed E-state index contributed by atoms with van der Waals surface area (Å²) in [7, 11) is 0. The van der Waals surface area contributed by atoms with Crippen molar-refractivity contribution in [2.24, 2.45) is 0 Å². The van der Waals surface area contributed by atoms with Crippen LogP contribution in [0.1, 0.15) is 19.8 Å². The molecule has 0 aromatic rings. The molecule has 0 aliphatic carbocycles. The molecule has 198 valence electrons. The lowest BCUT2D eigenvalue weighted by molar-refractivity contribution is -0.446. The van der Waals surface area contributed by atoms with Gasteiger partial charge in [0.2, 0.25) is 0 Å². The molecule has 19 heteroatoms. The zero-order valence-electron chi connectivity index (χ0n) is 15.8. The fraction of sp³-hybridized carbons (Fsp3) is 0.929. The van der Waals surface area contributed by atoms with Crippen LogP contribution in [0.3, 0.4) is 0 Å². The van der Waals surface area contributed by atoms with Crippen molar-refractivity contribution in [3.05, 3.63) is 0 Å². The van der Waals surface area contributed by atoms with Crippen molar-refractivity contribution in [3.63, 3.8) is 0 Å². The molecule has 0 rings (SSSR count). The summed E-state index contributed by atoms with van der Waals surface area (Å²) >= 11 is 0. The number of carbonyl (C=O) groups is 1. The van der Waals surface area contributed by atoms with Gasteiger partial charge in [-0.2, -0.15) is 61.5 Å². The fourth-order valence-corrected chi connectivity index (χ4v) is 1.82. The van der Waals surface area contributed by atoms with Crippen molar-refractivity contribution in [3.8, 4) is 0 Å². The van der Waals surface area contributed by atoms with Crippen molar-refractivity contribution < 1.29 is 79.8 Å². The number of nitrogens with one attached hydrogen (secondary N) is 1. The van der Waals surface area contributed by atoms with Gasteiger partial charge in [-0.3, -0.25) is 0 Å². The number of rotatable bonds is 12. The third-order valence-corrected chi connectivity index (χ3v) is 3.92. The molecule has 0 aromatic heterocycles. The monoisotopic (exact) mass is 531 g/mol. The molecule has 0 aliphatic heterocycles. The second-order valence-corrected chi connectivity index (χ2v) is 6.34. The van der Waals surface area contributed by atoms with Gasteiger partial charge in [0.25, 0.3) is 0 Å². The average Bonchev–Trinajstić information content (AvgIpc) is 2.65. The normalized spacial score (nSPS) is 15.1. The number of unbranched alkanes of at least 4 members (excludes halogenated alkanes) is 1. The summed E-state index contributed by atoms with van der Waals surface area (Å²) < 4.78 is 214. The minimum Gasteiger partial charge on any atom is -0.450 e. The molecule has 0 radical (unpaired) electrons. The van der Waals surface area contributed by atoms with Crippen molar-refractivity contribution in [1.29, 1.82) is 0 Å². The Balaban J connectivity index is 6.12. The largest absolute Gasteiger partial charge is 0.450 e. The molecule has 0 saturated heterocycles. The minimum absolute atomic E-state index is 0.0802. The van der Waals surface area contributed by atoms with E-state index in [4.69, 9.17) is 0 Å². The Bertz CT molecular complexity index is 678. The van der Waals surface area contributed by atoms with E-state index in [0.29, 0.717) is 11.7 Å². The van der Waals surface area contributed by atoms with Crippen LogP contribution in [0.15, 0.2) is 0 Å². The molecule has 0 spiro atoms. The molecule has 1 N–H and O–H groups in total. The second-order valence-electron chi connectivity index (χ2n) is 6.34. The van der Waals surface area contributed by atoms with Gasteiger partial charge < -0.3 is 10.1 Å². The van der Waals surface area contributed by atoms with Gasteiger partial charge in [0.05, 0.1) is 13.2 Å². The van der Waals surface area contributed by atoms with Gasteiger partial charge in [-0.1, -0.05) is 13.3 Å². The first-order valence-electron chi connectivity index (χ1n) is 8.23. The number of carbonyl (C=O) groups excluding carboxylic acids is 1. The maximum Gasteiger partial charge on any atom is 0.407 e. The highest BCUT2D eigenvalue weighted by molar-refractivity contribution is 5.67. The summed E-state index contributed by atoms with van der Waals surface area (Å²) in [4.78, 5) is 11.0. The number of hydrogen-bond donors (Lipinski definition) is 1. The average molecular weight is 531 g/mol. The van der Waals surface area contributed by atoms with Crippen LogP contribution in [0, 0.1) is 0 Å². The molecular formula is C14H13F16NO2. The Kier molecular flexibility index (Phi) is 8.89. The molecule has 0 atom stereocenters. The zero-order valence-corrected chi connectivity index (χ0v) is 15.8. The maximum absolute atomic E-state index is 13.5. The van der Waals surface area contributed by atoms with Crippen molar-refractivity contribution >= 4 is 6.09 Å². The molecule has 0 aliphatic rings. The lowest BCUT2D eigenvalue weighted by Gasteiger charge is -2.42. The van der Waals surface area contributed by atoms with E-state index < -0.39 is 67.1 Å². The van der Waals surface area contributed by atoms with Gasteiger partial charge in [-0.05, 0) is 6.42 Å². The highest BCUT2D eigenvalue weighted by Crippen LogP contribution is 2.62. The Hall–Kier alpha value is -1.85. The topological polar surface area (TPSA) is 38.3 Å². The highest BCUT2D eigenvalue weighted by atomic mass is 19.4. The smallest absolute Gasteiger partial charge is 0.407 e. The zero-order chi connectivity index (χ0) is 26.9. The van der Waals surface area contributed by atoms with Crippen LogP contribution >= 0.6 is 0 Å². The number of alkyl halides is 16. The maximum atomic E-state index is 13.5. The Labute approximate surface area is 173 Å². The standard InChI is InChI=1S/C14H13F16NO2/c1-2-3-4-33-7(32)31-5-8(17,18)10(21,22)12(25,26)14(29,30)13(27,28)11(23,24)9(19,20)6(15)16/h6H,2-5H2,1H3,(H,31,32). The van der Waals surface area contributed by atoms with E-state index in [1.807, 2.05) is 0 Å². The lowest BCUT2D eigenvalue weighted by atomic mass is 9.89. The summed E-state index contributed by atoms with van der Waals surface area (Å²) in [6, 6.07) is 0. The summed E-state index contributed by atoms with van der Waals surface area (Å²) in [6.45, 7) is -2.02. The number of halogens is 16. The van der Waals surface area contributed by atoms with Crippen molar-refractivity contribution in [2.45, 2.75) is 67.6 Å². The van der Waals surface area contributed by atoms with Crippen molar-refractivity contribution in [1.82, 2.24) is 5.32 Å². The fourth-order valence-electron chi connectivity index (χ4n) is 1.82. The van der Waals surface area contributed by atoms with Gasteiger partial charge >= 0.3 is 54.0 Å². The second kappa shape index (κ2) is 9.42. The molecule has 1 amide bonds. The van der Waals surface area contributed by atoms with Crippen LogP contribution in [0.4, 0.5) is 75.0 Å². The molecule has 0 unspecified atom stereocenters. The summed E-state index contributed by atoms with van der Waals surface area (Å²) in [5, 5.41) is 0.695. The summed E-state index contributed by atoms with van der Waals surface area (Å²) in [6.07, 6.45) is -7.47. The third-order valence-electron chi connectivity index (χ3n) is 3.92. The van der Waals surface area contributed by atoms with E-state index in [-0.39, 0.29) is 6.42 Å². The summed E-state index contributed by atoms with van der Waals surface area (Å²) in [5.74, 6) is -55.1. The minimum atomic E-state index is -8.46. The van der Waals surface area contributed by atoms with E-state index in [9.17, 15) is 75.0 Å². The predicted octanol–water partition coefficient (Wildman–Crippen LogP) is 6.22. The SMILES string of the molecule is CCCCOC(=O)NCC(F)(F)C(F)(F)C(F)(F)C(F)(F)C(F)(F)C(F)(F)C(F)(F)C(F)F. The summed E-state index contributed by atoms with van der Waals surface area (Å²) in [5.41, 5.74) is 0. The van der Waals surface area contributed by atoms with E-state index >= 15 is 0 Å². The van der Waals surface area contributed by atoms with E-state index in [1.165, 1.54) is 6.92 Å². The number of alkyl carbamates (subject to hydrolysis) is 1. The van der Waals surface area contributed by atoms with Gasteiger partial charge in [0.1, 0.15) is 0 Å². The van der Waals surface area contributed by atoms with Crippen LogP contribution in [0.25, 0.3) is 0 Å². The van der Waals surface area contributed by atoms with Crippen LogP contribution in [-0.2, 0) is 4.74 Å². The molecule has 0 saturated carbocycles. The van der Waals surface area contributed by atoms with Gasteiger partial charge in [0, 0.05) is 0 Å². The number of amides is 1. The third kappa shape index (κ3) is 5.00. The lowest BCUT2D eigenvalue weighted by Crippen LogP contribution is -2.74. The van der Waals surface area contributed by atoms with Crippen LogP contribution < -0.4 is 5.32 Å². The number of hydrogen-bond acceptors (Lipinski definition) is 2. The van der Waals surface area contributed by atoms with Gasteiger partial charge in [-0.25, -0.2) is 13.6 Å². The van der Waals surface area contributed by atoms with Crippen LogP contribution in [-0.4, -0.2) is 67.1 Å². The Morgan fingerprint density at radius 2 is 1.12 bits per heavy atom. The van der Waals surface area contributed by atoms with Crippen LogP contribution in [0.2, 0.25) is 0 Å². The first-order valence-corrected chi connectivity index (χ1v) is 8.23. The molecule has 3 nitrogen and oxygen atoms in total. The molecule has 0 aromatic carbocycles. The highest BCUT2D eigenvalue weighted by Gasteiger charge is 2.93. The molecule has 0 bridgehead atoms. The number of ether oxygens (including phenoxy) is 1. The first-order chi connectivity index (χ1) is 14.4. The van der Waals surface area contributed by atoms with E-state index in [1.54, 1.807) is 0 Å². The molecular weight excluding hydrogens is 518 g/mol. The predicted molar refractivity (Wildman–Crippen MR) is 74.9 cm³/mol. The van der Waals surface area contributed by atoms with E-state index in [0.717, 1.165) is 0 Å². The first kappa shape index (κ1) is 31.1. The quantitative estimate of drug-likeness (QED) is 0.240. The van der Waals surface area contributed by atoms with Gasteiger partial charge in [0.15, 0.2) is 0 Å².